The average molecular weight is 633 g/mol. The second kappa shape index (κ2) is 9.77. The van der Waals surface area contributed by atoms with E-state index in [1.165, 1.54) is 44.5 Å². The number of pyridine rings is 2. The van der Waals surface area contributed by atoms with Crippen molar-refractivity contribution >= 4 is 22.1 Å². The predicted octanol–water partition coefficient (Wildman–Crippen LogP) is 9.71. The third-order valence-electron chi connectivity index (χ3n) is 10.8. The lowest BCUT2D eigenvalue weighted by Gasteiger charge is -2.25. The maximum Gasteiger partial charge on any atom is 0.241 e. The first-order valence-corrected chi connectivity index (χ1v) is 16.8. The molecule has 6 heteroatoms. The smallest absolute Gasteiger partial charge is 0.241 e. The Morgan fingerprint density at radius 1 is 0.429 bits per heavy atom. The van der Waals surface area contributed by atoms with Gasteiger partial charge in [-0.1, -0.05) is 113 Å². The quantitative estimate of drug-likeness (QED) is 0.194. The molecule has 6 nitrogen and oxygen atoms in total. The second-order valence-electron chi connectivity index (χ2n) is 14.2. The van der Waals surface area contributed by atoms with E-state index in [4.69, 9.17) is 24.9 Å². The third-order valence-corrected chi connectivity index (χ3v) is 10.8. The molecule has 0 fully saturated rings. The summed E-state index contributed by atoms with van der Waals surface area (Å²) in [4.78, 5) is 25.7. The number of rotatable bonds is 3. The van der Waals surface area contributed by atoms with Crippen LogP contribution >= 0.6 is 0 Å². The molecule has 2 aliphatic rings. The predicted molar refractivity (Wildman–Crippen MR) is 196 cm³/mol. The summed E-state index contributed by atoms with van der Waals surface area (Å²) in [7, 11) is 0. The second-order valence-corrected chi connectivity index (χ2v) is 14.2. The zero-order valence-corrected chi connectivity index (χ0v) is 27.7. The van der Waals surface area contributed by atoms with Crippen LogP contribution in [0.15, 0.2) is 122 Å². The molecule has 0 radical (unpaired) electrons. The average Bonchev–Trinajstić information content (AvgIpc) is 3.69. The molecule has 4 heterocycles. The van der Waals surface area contributed by atoms with E-state index in [0.29, 0.717) is 17.6 Å². The fourth-order valence-electron chi connectivity index (χ4n) is 8.63. The highest BCUT2D eigenvalue weighted by atomic mass is 15.2. The molecule has 4 aromatic carbocycles. The molecule has 0 saturated carbocycles. The van der Waals surface area contributed by atoms with Gasteiger partial charge in [-0.25, -0.2) is 19.5 Å². The third kappa shape index (κ3) is 3.74. The molecule has 0 N–H and O–H groups in total. The van der Waals surface area contributed by atoms with Crippen molar-refractivity contribution in [3.05, 3.63) is 144 Å². The zero-order valence-electron chi connectivity index (χ0n) is 27.7. The van der Waals surface area contributed by atoms with Crippen LogP contribution in [0, 0.1) is 0 Å². The molecule has 8 aromatic rings. The molecule has 0 spiro atoms. The maximum atomic E-state index is 5.38. The molecule has 10 rings (SSSR count). The number of nitrogens with zero attached hydrogens (tertiary/aromatic N) is 6. The van der Waals surface area contributed by atoms with E-state index in [2.05, 4.69) is 125 Å². The number of benzene rings is 4. The van der Waals surface area contributed by atoms with E-state index >= 15 is 0 Å². The highest BCUT2D eigenvalue weighted by molar-refractivity contribution is 6.06. The van der Waals surface area contributed by atoms with Gasteiger partial charge in [0.15, 0.2) is 11.6 Å². The van der Waals surface area contributed by atoms with Crippen molar-refractivity contribution in [3.8, 4) is 51.0 Å². The molecule has 0 aliphatic heterocycles. The summed E-state index contributed by atoms with van der Waals surface area (Å²) in [5.41, 5.74) is 13.1. The van der Waals surface area contributed by atoms with E-state index in [-0.39, 0.29) is 10.8 Å². The molecule has 0 amide bonds. The van der Waals surface area contributed by atoms with Crippen molar-refractivity contribution in [1.29, 1.82) is 0 Å². The van der Waals surface area contributed by atoms with Crippen LogP contribution in [0.2, 0.25) is 0 Å². The lowest BCUT2D eigenvalue weighted by molar-refractivity contribution is 0.660. The van der Waals surface area contributed by atoms with Gasteiger partial charge >= 0.3 is 0 Å². The number of aromatic nitrogens is 6. The number of hydrogen-bond donors (Lipinski definition) is 0. The first-order valence-electron chi connectivity index (χ1n) is 16.8. The van der Waals surface area contributed by atoms with Gasteiger partial charge in [0.1, 0.15) is 11.3 Å². The maximum absolute atomic E-state index is 5.38. The van der Waals surface area contributed by atoms with Crippen LogP contribution in [0.3, 0.4) is 0 Å². The number of fused-ring (bicyclic) bond motifs is 9. The van der Waals surface area contributed by atoms with Crippen molar-refractivity contribution in [1.82, 2.24) is 29.5 Å². The molecule has 2 aliphatic carbocycles. The normalized spacial score (nSPS) is 14.9. The summed E-state index contributed by atoms with van der Waals surface area (Å²) in [6, 6.07) is 38.5. The van der Waals surface area contributed by atoms with E-state index in [9.17, 15) is 0 Å². The molecule has 4 aromatic heterocycles. The molecule has 0 unspecified atom stereocenters. The Hall–Kier alpha value is -6.01. The zero-order chi connectivity index (χ0) is 33.1. The van der Waals surface area contributed by atoms with Gasteiger partial charge in [0.05, 0.1) is 0 Å². The first-order chi connectivity index (χ1) is 23.8. The fourth-order valence-corrected chi connectivity index (χ4v) is 8.63. The Kier molecular flexibility index (Phi) is 5.59. The summed E-state index contributed by atoms with van der Waals surface area (Å²) in [6.07, 6.45) is 3.63. The van der Waals surface area contributed by atoms with Gasteiger partial charge in [0.2, 0.25) is 5.95 Å². The summed E-state index contributed by atoms with van der Waals surface area (Å²) < 4.78 is 1.99. The lowest BCUT2D eigenvalue weighted by Crippen LogP contribution is -2.18. The summed E-state index contributed by atoms with van der Waals surface area (Å²) >= 11 is 0. The Morgan fingerprint density at radius 2 is 0.857 bits per heavy atom. The van der Waals surface area contributed by atoms with Crippen LogP contribution in [-0.2, 0) is 10.8 Å². The van der Waals surface area contributed by atoms with Crippen molar-refractivity contribution in [2.45, 2.75) is 38.5 Å². The van der Waals surface area contributed by atoms with Gasteiger partial charge in [-0.3, -0.25) is 0 Å². The Labute approximate surface area is 284 Å². The minimum absolute atomic E-state index is 0.247. The van der Waals surface area contributed by atoms with Crippen molar-refractivity contribution in [2.75, 3.05) is 0 Å². The Morgan fingerprint density at radius 3 is 1.35 bits per heavy atom. The van der Waals surface area contributed by atoms with E-state index in [1.807, 2.05) is 29.1 Å². The van der Waals surface area contributed by atoms with Gasteiger partial charge in [-0.2, -0.15) is 9.97 Å². The van der Waals surface area contributed by atoms with Gasteiger partial charge < -0.3 is 0 Å². The monoisotopic (exact) mass is 632 g/mol. The highest BCUT2D eigenvalue weighted by Crippen LogP contribution is 2.53. The molecular weight excluding hydrogens is 601 g/mol. The summed E-state index contributed by atoms with van der Waals surface area (Å²) in [6.45, 7) is 9.20. The van der Waals surface area contributed by atoms with Crippen LogP contribution < -0.4 is 0 Å². The van der Waals surface area contributed by atoms with Crippen LogP contribution in [0.5, 0.6) is 0 Å². The minimum atomic E-state index is -0.247. The topological polar surface area (TPSA) is 69.4 Å². The van der Waals surface area contributed by atoms with Gasteiger partial charge in [0, 0.05) is 45.1 Å². The minimum Gasteiger partial charge on any atom is -0.245 e. The molecule has 0 saturated heterocycles. The van der Waals surface area contributed by atoms with Crippen LogP contribution in [0.25, 0.3) is 73.0 Å². The SMILES string of the molecule is CC1(C)c2ccccc2-c2cccc(-c3nc(-c4cccc5c4C(C)(C)c4ccccc4-5)nc(-n4c5ncccc5c5cccnc54)n3)c21. The van der Waals surface area contributed by atoms with Crippen molar-refractivity contribution in [3.63, 3.8) is 0 Å². The lowest BCUT2D eigenvalue weighted by atomic mass is 9.79. The molecular formula is C43H32N6. The van der Waals surface area contributed by atoms with Gasteiger partial charge in [-0.05, 0) is 68.8 Å². The molecule has 0 bridgehead atoms. The van der Waals surface area contributed by atoms with Gasteiger partial charge in [-0.15, -0.1) is 0 Å². The molecule has 0 atom stereocenters. The Balaban J connectivity index is 1.30. The first kappa shape index (κ1) is 28.0. The van der Waals surface area contributed by atoms with Gasteiger partial charge in [0.25, 0.3) is 0 Å². The van der Waals surface area contributed by atoms with E-state index in [0.717, 1.165) is 33.2 Å². The highest BCUT2D eigenvalue weighted by Gasteiger charge is 2.40. The fraction of sp³-hybridized carbons (Fsp3) is 0.140. The van der Waals surface area contributed by atoms with Crippen molar-refractivity contribution in [2.24, 2.45) is 0 Å². The number of hydrogen-bond acceptors (Lipinski definition) is 5. The van der Waals surface area contributed by atoms with Crippen LogP contribution in [0.4, 0.5) is 0 Å². The van der Waals surface area contributed by atoms with Crippen molar-refractivity contribution < 1.29 is 0 Å². The molecule has 234 valence electrons. The van der Waals surface area contributed by atoms with E-state index < -0.39 is 0 Å². The summed E-state index contributed by atoms with van der Waals surface area (Å²) in [5, 5.41) is 2.01. The standard InChI is InChI=1S/C43H32N6/c1-42(2)33-21-7-5-13-25(33)27-15-9-17-31(35(27)42)37-46-38(32-18-10-16-28-26-14-6-8-22-34(26)43(3,4)36(28)32)48-41(47-37)49-39-29(19-11-23-44-39)30-20-12-24-45-40(30)49/h5-24H,1-4H3. The van der Waals surface area contributed by atoms with Crippen LogP contribution in [0.1, 0.15) is 49.9 Å². The largest absolute Gasteiger partial charge is 0.245 e. The van der Waals surface area contributed by atoms with Crippen LogP contribution in [-0.4, -0.2) is 29.5 Å². The summed E-state index contributed by atoms with van der Waals surface area (Å²) in [5.74, 6) is 1.75. The Bertz CT molecular complexity index is 2500. The van der Waals surface area contributed by atoms with E-state index in [1.54, 1.807) is 0 Å². The molecule has 49 heavy (non-hydrogen) atoms.